The van der Waals surface area contributed by atoms with E-state index >= 15 is 0 Å². The normalized spacial score (nSPS) is 20.8. The molecule has 0 spiro atoms. The average Bonchev–Trinajstić information content (AvgIpc) is 3.27. The molecule has 2 aliphatic rings. The number of aryl methyl sites for hydroxylation is 1. The van der Waals surface area contributed by atoms with E-state index in [9.17, 15) is 9.59 Å². The minimum atomic E-state index is -0.994. The predicted octanol–water partition coefficient (Wildman–Crippen LogP) is 5.33. The van der Waals surface area contributed by atoms with Gasteiger partial charge < -0.3 is 14.8 Å². The Labute approximate surface area is 201 Å². The predicted molar refractivity (Wildman–Crippen MR) is 134 cm³/mol. The highest BCUT2D eigenvalue weighted by Crippen LogP contribution is 2.35. The molecule has 1 N–H and O–H groups in total. The summed E-state index contributed by atoms with van der Waals surface area (Å²) in [4.78, 5) is 29.6. The molecule has 2 aromatic carbocycles. The molecule has 0 bridgehead atoms. The molecule has 1 atom stereocenters. The second kappa shape index (κ2) is 9.13. The Morgan fingerprint density at radius 3 is 2.35 bits per heavy atom. The summed E-state index contributed by atoms with van der Waals surface area (Å²) in [5.41, 5.74) is 3.84. The van der Waals surface area contributed by atoms with Gasteiger partial charge in [0.1, 0.15) is 11.2 Å². The van der Waals surface area contributed by atoms with Crippen LogP contribution in [-0.2, 0) is 17.9 Å². The van der Waals surface area contributed by atoms with E-state index in [4.69, 9.17) is 0 Å². The number of aromatic nitrogens is 1. The molecule has 3 aromatic rings. The molecule has 0 unspecified atom stereocenters. The third-order valence-corrected chi connectivity index (χ3v) is 7.60. The Bertz CT molecular complexity index is 1190. The number of hydrogen-bond acceptors (Lipinski definition) is 2. The third-order valence-electron chi connectivity index (χ3n) is 7.60. The Morgan fingerprint density at radius 1 is 0.941 bits per heavy atom. The highest BCUT2D eigenvalue weighted by Gasteiger charge is 2.48. The van der Waals surface area contributed by atoms with Gasteiger partial charge in [-0.3, -0.25) is 9.59 Å². The number of nitrogens with one attached hydrogen (secondary N) is 1. The van der Waals surface area contributed by atoms with Crippen molar-refractivity contribution < 1.29 is 9.59 Å². The number of carbonyl (C=O) groups is 2. The molecule has 0 radical (unpaired) electrons. The van der Waals surface area contributed by atoms with Gasteiger partial charge in [-0.05, 0) is 55.5 Å². The maximum absolute atomic E-state index is 13.9. The molecule has 5 rings (SSSR count). The number of benzene rings is 2. The topological polar surface area (TPSA) is 54.3 Å². The summed E-state index contributed by atoms with van der Waals surface area (Å²) in [7, 11) is 0. The second-order valence-corrected chi connectivity index (χ2v) is 9.96. The van der Waals surface area contributed by atoms with Gasteiger partial charge in [-0.25, -0.2) is 0 Å². The standard InChI is InChI=1S/C29H33N3O2/c1-21-11-9-10-14-23(21)19-32-27(33)26-18-17-25(22-12-5-3-6-13-22)31(26)20-29(32,2)28(34)30-24-15-7-4-8-16-24/h3,5-6,9-14,17-18,24H,4,7-8,15-16,19-20H2,1-2H3,(H,30,34)/t29-/m1/s1. The summed E-state index contributed by atoms with van der Waals surface area (Å²) < 4.78 is 2.03. The first-order chi connectivity index (χ1) is 16.5. The van der Waals surface area contributed by atoms with Crippen molar-refractivity contribution in [2.75, 3.05) is 0 Å². The van der Waals surface area contributed by atoms with Gasteiger partial charge in [0.05, 0.1) is 6.54 Å². The molecule has 2 heterocycles. The summed E-state index contributed by atoms with van der Waals surface area (Å²) in [6, 6.07) is 22.3. The molecule has 1 aliphatic carbocycles. The van der Waals surface area contributed by atoms with E-state index in [0.717, 1.165) is 48.1 Å². The van der Waals surface area contributed by atoms with E-state index in [1.165, 1.54) is 6.42 Å². The van der Waals surface area contributed by atoms with Crippen LogP contribution in [-0.4, -0.2) is 32.9 Å². The third kappa shape index (κ3) is 4.04. The van der Waals surface area contributed by atoms with Crippen molar-refractivity contribution in [1.29, 1.82) is 0 Å². The molecular formula is C29H33N3O2. The van der Waals surface area contributed by atoms with Crippen LogP contribution >= 0.6 is 0 Å². The minimum absolute atomic E-state index is 0.0558. The Morgan fingerprint density at radius 2 is 1.62 bits per heavy atom. The van der Waals surface area contributed by atoms with Crippen LogP contribution in [0, 0.1) is 6.92 Å². The molecule has 1 fully saturated rings. The van der Waals surface area contributed by atoms with Gasteiger partial charge in [-0.1, -0.05) is 73.9 Å². The van der Waals surface area contributed by atoms with Crippen LogP contribution in [0.15, 0.2) is 66.7 Å². The highest BCUT2D eigenvalue weighted by atomic mass is 16.2. The largest absolute Gasteiger partial charge is 0.351 e. The number of fused-ring (bicyclic) bond motifs is 1. The Kier molecular flexibility index (Phi) is 6.03. The van der Waals surface area contributed by atoms with Crippen LogP contribution in [0.1, 0.15) is 60.6 Å². The lowest BCUT2D eigenvalue weighted by Crippen LogP contribution is -2.64. The summed E-state index contributed by atoms with van der Waals surface area (Å²) in [5.74, 6) is -0.155. The van der Waals surface area contributed by atoms with Gasteiger partial charge in [-0.15, -0.1) is 0 Å². The van der Waals surface area contributed by atoms with Crippen molar-refractivity contribution in [2.45, 2.75) is 70.6 Å². The Balaban J connectivity index is 1.55. The van der Waals surface area contributed by atoms with Gasteiger partial charge in [0.15, 0.2) is 0 Å². The van der Waals surface area contributed by atoms with E-state index in [2.05, 4.69) is 18.3 Å². The molecule has 2 amide bonds. The summed E-state index contributed by atoms with van der Waals surface area (Å²) in [6.45, 7) is 4.82. The van der Waals surface area contributed by atoms with E-state index in [-0.39, 0.29) is 17.9 Å². The maximum atomic E-state index is 13.9. The summed E-state index contributed by atoms with van der Waals surface area (Å²) >= 11 is 0. The molecule has 1 aromatic heterocycles. The van der Waals surface area contributed by atoms with Gasteiger partial charge in [0, 0.05) is 18.3 Å². The zero-order valence-corrected chi connectivity index (χ0v) is 20.1. The quantitative estimate of drug-likeness (QED) is 0.566. The number of nitrogens with zero attached hydrogens (tertiary/aromatic N) is 2. The van der Waals surface area contributed by atoms with Gasteiger partial charge >= 0.3 is 0 Å². The molecule has 176 valence electrons. The van der Waals surface area contributed by atoms with Gasteiger partial charge in [-0.2, -0.15) is 0 Å². The molecule has 5 heteroatoms. The molecule has 0 saturated heterocycles. The van der Waals surface area contributed by atoms with Gasteiger partial charge in [0.2, 0.25) is 5.91 Å². The molecule has 34 heavy (non-hydrogen) atoms. The lowest BCUT2D eigenvalue weighted by molar-refractivity contribution is -0.134. The lowest BCUT2D eigenvalue weighted by Gasteiger charge is -2.45. The first kappa shape index (κ1) is 22.5. The molecule has 5 nitrogen and oxygen atoms in total. The molecule has 1 aliphatic heterocycles. The fraction of sp³-hybridized carbons (Fsp3) is 0.379. The lowest BCUT2D eigenvalue weighted by atomic mass is 9.90. The van der Waals surface area contributed by atoms with Crippen molar-refractivity contribution in [1.82, 2.24) is 14.8 Å². The van der Waals surface area contributed by atoms with Crippen LogP contribution in [0.3, 0.4) is 0 Å². The van der Waals surface area contributed by atoms with Crippen molar-refractivity contribution in [2.24, 2.45) is 0 Å². The smallest absolute Gasteiger partial charge is 0.271 e. The molecular weight excluding hydrogens is 422 g/mol. The maximum Gasteiger partial charge on any atom is 0.271 e. The van der Waals surface area contributed by atoms with Crippen LogP contribution in [0.5, 0.6) is 0 Å². The first-order valence-electron chi connectivity index (χ1n) is 12.4. The van der Waals surface area contributed by atoms with Crippen LogP contribution in [0.25, 0.3) is 11.3 Å². The summed E-state index contributed by atoms with van der Waals surface area (Å²) in [5, 5.41) is 3.32. The van der Waals surface area contributed by atoms with Gasteiger partial charge in [0.25, 0.3) is 5.91 Å². The van der Waals surface area contributed by atoms with E-state index in [0.29, 0.717) is 18.8 Å². The average molecular weight is 456 g/mol. The number of amides is 2. The van der Waals surface area contributed by atoms with E-state index < -0.39 is 5.54 Å². The van der Waals surface area contributed by atoms with Crippen LogP contribution in [0.4, 0.5) is 0 Å². The van der Waals surface area contributed by atoms with Crippen LogP contribution < -0.4 is 5.32 Å². The highest BCUT2D eigenvalue weighted by molar-refractivity contribution is 6.00. The monoisotopic (exact) mass is 455 g/mol. The fourth-order valence-electron chi connectivity index (χ4n) is 5.43. The van der Waals surface area contributed by atoms with Crippen molar-refractivity contribution >= 4 is 11.8 Å². The zero-order chi connectivity index (χ0) is 23.7. The Hall–Kier alpha value is -3.34. The van der Waals surface area contributed by atoms with Crippen LogP contribution in [0.2, 0.25) is 0 Å². The summed E-state index contributed by atoms with van der Waals surface area (Å²) in [6.07, 6.45) is 5.55. The number of carbonyl (C=O) groups excluding carboxylic acids is 2. The van der Waals surface area contributed by atoms with Crippen molar-refractivity contribution in [3.05, 3.63) is 83.6 Å². The van der Waals surface area contributed by atoms with E-state index in [1.807, 2.05) is 72.2 Å². The number of rotatable bonds is 5. The fourth-order valence-corrected chi connectivity index (χ4v) is 5.43. The first-order valence-corrected chi connectivity index (χ1v) is 12.4. The zero-order valence-electron chi connectivity index (χ0n) is 20.1. The second-order valence-electron chi connectivity index (χ2n) is 9.96. The minimum Gasteiger partial charge on any atom is -0.351 e. The SMILES string of the molecule is Cc1ccccc1CN1C(=O)c2ccc(-c3ccccc3)n2C[C@]1(C)C(=O)NC1CCCCC1. The van der Waals surface area contributed by atoms with Crippen molar-refractivity contribution in [3.8, 4) is 11.3 Å². The number of hydrogen-bond donors (Lipinski definition) is 1. The van der Waals surface area contributed by atoms with E-state index in [1.54, 1.807) is 4.90 Å². The molecule has 1 saturated carbocycles. The van der Waals surface area contributed by atoms with Crippen molar-refractivity contribution in [3.63, 3.8) is 0 Å².